The molecule has 3 rings (SSSR count). The molecule has 1 amide bonds. The summed E-state index contributed by atoms with van der Waals surface area (Å²) in [6, 6.07) is 1.69. The normalized spacial score (nSPS) is 20.3. The maximum absolute atomic E-state index is 12.3. The second kappa shape index (κ2) is 5.28. The molecule has 2 aromatic heterocycles. The van der Waals surface area contributed by atoms with Crippen molar-refractivity contribution in [2.24, 2.45) is 13.0 Å². The van der Waals surface area contributed by atoms with Crippen molar-refractivity contribution in [3.63, 3.8) is 0 Å². The zero-order chi connectivity index (χ0) is 15.9. The maximum atomic E-state index is 12.3. The molecule has 0 aliphatic carbocycles. The average Bonchev–Trinajstić information content (AvgIpc) is 3.07. The van der Waals surface area contributed by atoms with Crippen LogP contribution in [0.1, 0.15) is 16.8 Å². The molecule has 1 unspecified atom stereocenters. The Balaban J connectivity index is 1.80. The van der Waals surface area contributed by atoms with Crippen LogP contribution >= 0.6 is 0 Å². The van der Waals surface area contributed by atoms with Gasteiger partial charge in [-0.15, -0.1) is 0 Å². The molecule has 7 nitrogen and oxygen atoms in total. The van der Waals surface area contributed by atoms with Crippen molar-refractivity contribution in [2.45, 2.75) is 6.42 Å². The van der Waals surface area contributed by atoms with E-state index in [4.69, 9.17) is 0 Å². The Morgan fingerprint density at radius 3 is 2.95 bits per heavy atom. The largest absolute Gasteiger partial charge is 0.357 e. The molecule has 2 N–H and O–H groups in total. The fraction of sp³-hybridized carbons (Fsp3) is 0.429. The zero-order valence-electron chi connectivity index (χ0n) is 12.1. The van der Waals surface area contributed by atoms with Gasteiger partial charge in [0.2, 0.25) is 0 Å². The summed E-state index contributed by atoms with van der Waals surface area (Å²) in [4.78, 5) is 27.1. The van der Waals surface area contributed by atoms with Crippen LogP contribution < -0.4 is 10.9 Å². The third kappa shape index (κ3) is 2.66. The van der Waals surface area contributed by atoms with Crippen molar-refractivity contribution < 1.29 is 13.2 Å². The van der Waals surface area contributed by atoms with E-state index in [9.17, 15) is 18.0 Å². The van der Waals surface area contributed by atoms with Crippen molar-refractivity contribution in [3.05, 3.63) is 34.4 Å². The van der Waals surface area contributed by atoms with E-state index < -0.39 is 9.84 Å². The number of aromatic nitrogens is 2. The Hall–Kier alpha value is -2.09. The van der Waals surface area contributed by atoms with Crippen LogP contribution in [0.15, 0.2) is 23.3 Å². The van der Waals surface area contributed by atoms with Gasteiger partial charge >= 0.3 is 0 Å². The summed E-state index contributed by atoms with van der Waals surface area (Å²) < 4.78 is 24.2. The van der Waals surface area contributed by atoms with Gasteiger partial charge in [0.25, 0.3) is 11.5 Å². The molecule has 1 saturated heterocycles. The lowest BCUT2D eigenvalue weighted by Gasteiger charge is -2.11. The van der Waals surface area contributed by atoms with Gasteiger partial charge < -0.3 is 14.9 Å². The van der Waals surface area contributed by atoms with E-state index >= 15 is 0 Å². The van der Waals surface area contributed by atoms with Crippen molar-refractivity contribution in [2.75, 3.05) is 18.1 Å². The lowest BCUT2D eigenvalue weighted by molar-refractivity contribution is 0.0949. The minimum Gasteiger partial charge on any atom is -0.357 e. The fourth-order valence-electron chi connectivity index (χ4n) is 2.82. The Kier molecular flexibility index (Phi) is 3.56. The number of nitrogens with zero attached hydrogens (tertiary/aromatic N) is 1. The number of pyridine rings is 1. The standard InChI is InChI=1S/C14H17N3O4S/c1-17-7-11(10-2-4-15-12(10)14(17)19)13(18)16-6-9-3-5-22(20,21)8-9/h2,4,7,9,15H,3,5-6,8H2,1H3,(H,16,18). The SMILES string of the molecule is Cn1cc(C(=O)NCC2CCS(=O)(=O)C2)c2cc[nH]c2c1=O. The molecule has 1 aliphatic rings. The highest BCUT2D eigenvalue weighted by molar-refractivity contribution is 7.91. The number of aryl methyl sites for hydroxylation is 1. The summed E-state index contributed by atoms with van der Waals surface area (Å²) in [5.41, 5.74) is 0.594. The van der Waals surface area contributed by atoms with Crippen LogP contribution in [-0.4, -0.2) is 41.9 Å². The van der Waals surface area contributed by atoms with Crippen LogP contribution in [0.3, 0.4) is 0 Å². The molecule has 0 saturated carbocycles. The highest BCUT2D eigenvalue weighted by atomic mass is 32.2. The van der Waals surface area contributed by atoms with Crippen LogP contribution in [0, 0.1) is 5.92 Å². The third-order valence-electron chi connectivity index (χ3n) is 4.02. The number of hydrogen-bond acceptors (Lipinski definition) is 4. The number of carbonyl (C=O) groups excluding carboxylic acids is 1. The monoisotopic (exact) mass is 323 g/mol. The molecule has 1 aliphatic heterocycles. The van der Waals surface area contributed by atoms with E-state index in [1.807, 2.05) is 0 Å². The van der Waals surface area contributed by atoms with Gasteiger partial charge in [-0.3, -0.25) is 9.59 Å². The third-order valence-corrected chi connectivity index (χ3v) is 5.85. The van der Waals surface area contributed by atoms with E-state index in [0.29, 0.717) is 29.4 Å². The number of fused-ring (bicyclic) bond motifs is 1. The Morgan fingerprint density at radius 1 is 1.50 bits per heavy atom. The maximum Gasteiger partial charge on any atom is 0.274 e. The molecular formula is C14H17N3O4S. The lowest BCUT2D eigenvalue weighted by Crippen LogP contribution is -2.31. The minimum absolute atomic E-state index is 0.0387. The van der Waals surface area contributed by atoms with Crippen LogP contribution in [0.25, 0.3) is 10.9 Å². The topological polar surface area (TPSA) is 101 Å². The highest BCUT2D eigenvalue weighted by Crippen LogP contribution is 2.18. The van der Waals surface area contributed by atoms with Gasteiger partial charge in [-0.1, -0.05) is 0 Å². The molecule has 3 heterocycles. The first-order chi connectivity index (χ1) is 10.4. The molecule has 8 heteroatoms. The first-order valence-corrected chi connectivity index (χ1v) is 8.85. The van der Waals surface area contributed by atoms with Crippen molar-refractivity contribution in [3.8, 4) is 0 Å². The van der Waals surface area contributed by atoms with E-state index in [2.05, 4.69) is 10.3 Å². The number of nitrogens with one attached hydrogen (secondary N) is 2. The molecule has 1 fully saturated rings. The van der Waals surface area contributed by atoms with Crippen LogP contribution in [0.4, 0.5) is 0 Å². The van der Waals surface area contributed by atoms with Crippen molar-refractivity contribution in [1.29, 1.82) is 0 Å². The van der Waals surface area contributed by atoms with Crippen LogP contribution in [0.5, 0.6) is 0 Å². The number of hydrogen-bond donors (Lipinski definition) is 2. The van der Waals surface area contributed by atoms with Crippen molar-refractivity contribution >= 4 is 26.6 Å². The van der Waals surface area contributed by atoms with E-state index in [-0.39, 0.29) is 28.9 Å². The van der Waals surface area contributed by atoms with E-state index in [1.54, 1.807) is 19.3 Å². The molecule has 0 radical (unpaired) electrons. The second-order valence-corrected chi connectivity index (χ2v) is 7.93. The summed E-state index contributed by atoms with van der Waals surface area (Å²) in [5.74, 6) is -0.0251. The number of amides is 1. The average molecular weight is 323 g/mol. The zero-order valence-corrected chi connectivity index (χ0v) is 12.9. The molecule has 118 valence electrons. The van der Waals surface area contributed by atoms with Gasteiger partial charge in [0.1, 0.15) is 5.52 Å². The quantitative estimate of drug-likeness (QED) is 0.832. The molecule has 0 spiro atoms. The summed E-state index contributed by atoms with van der Waals surface area (Å²) in [5, 5.41) is 3.34. The Labute approximate surface area is 127 Å². The number of sulfone groups is 1. The fourth-order valence-corrected chi connectivity index (χ4v) is 4.68. The number of H-pyrrole nitrogens is 1. The second-order valence-electron chi connectivity index (χ2n) is 5.70. The number of carbonyl (C=O) groups is 1. The number of aromatic amines is 1. The van der Waals surface area contributed by atoms with Gasteiger partial charge in [-0.05, 0) is 18.4 Å². The lowest BCUT2D eigenvalue weighted by atomic mass is 10.1. The summed E-state index contributed by atoms with van der Waals surface area (Å²) in [6.45, 7) is 0.326. The predicted molar refractivity (Wildman–Crippen MR) is 82.6 cm³/mol. The Morgan fingerprint density at radius 2 is 2.27 bits per heavy atom. The molecule has 22 heavy (non-hydrogen) atoms. The van der Waals surface area contributed by atoms with Gasteiger partial charge in [-0.25, -0.2) is 8.42 Å². The van der Waals surface area contributed by atoms with E-state index in [1.165, 1.54) is 10.8 Å². The molecule has 0 bridgehead atoms. The summed E-state index contributed by atoms with van der Waals surface area (Å²) in [6.07, 6.45) is 3.70. The first kappa shape index (κ1) is 14.8. The molecule has 2 aromatic rings. The van der Waals surface area contributed by atoms with Gasteiger partial charge in [0.05, 0.1) is 17.1 Å². The smallest absolute Gasteiger partial charge is 0.274 e. The van der Waals surface area contributed by atoms with Crippen LogP contribution in [0.2, 0.25) is 0 Å². The van der Waals surface area contributed by atoms with Gasteiger partial charge in [-0.2, -0.15) is 0 Å². The molecule has 1 atom stereocenters. The van der Waals surface area contributed by atoms with Crippen molar-refractivity contribution in [1.82, 2.24) is 14.9 Å². The van der Waals surface area contributed by atoms with Gasteiger partial charge in [0, 0.05) is 31.4 Å². The van der Waals surface area contributed by atoms with E-state index in [0.717, 1.165) is 0 Å². The summed E-state index contributed by atoms with van der Waals surface area (Å²) in [7, 11) is -1.36. The number of rotatable bonds is 3. The predicted octanol–water partition coefficient (Wildman–Crippen LogP) is 0.0311. The highest BCUT2D eigenvalue weighted by Gasteiger charge is 2.28. The summed E-state index contributed by atoms with van der Waals surface area (Å²) >= 11 is 0. The van der Waals surface area contributed by atoms with Gasteiger partial charge in [0.15, 0.2) is 9.84 Å². The first-order valence-electron chi connectivity index (χ1n) is 7.03. The van der Waals surface area contributed by atoms with Crippen LogP contribution in [-0.2, 0) is 16.9 Å². The minimum atomic E-state index is -2.95. The molecule has 0 aromatic carbocycles. The molecular weight excluding hydrogens is 306 g/mol. The Bertz CT molecular complexity index is 894.